The van der Waals surface area contributed by atoms with Crippen LogP contribution in [0.3, 0.4) is 0 Å². The summed E-state index contributed by atoms with van der Waals surface area (Å²) in [6.45, 7) is 7.26. The predicted molar refractivity (Wildman–Crippen MR) is 91.8 cm³/mol. The molecule has 3 aliphatic heterocycles. The molecule has 3 saturated heterocycles. The minimum atomic E-state index is 0.655. The molecule has 1 saturated carbocycles. The van der Waals surface area contributed by atoms with Crippen molar-refractivity contribution >= 4 is 0 Å². The highest BCUT2D eigenvalue weighted by Crippen LogP contribution is 2.49. The second-order valence-corrected chi connectivity index (χ2v) is 8.20. The first-order chi connectivity index (χ1) is 10.8. The third-order valence-electron chi connectivity index (χ3n) is 7.32. The number of hydrogen-bond donors (Lipinski definition) is 2. The van der Waals surface area contributed by atoms with Gasteiger partial charge in [0.1, 0.15) is 0 Å². The molecule has 2 N–H and O–H groups in total. The Bertz CT molecular complexity index is 379. The fourth-order valence-electron chi connectivity index (χ4n) is 6.57. The lowest BCUT2D eigenvalue weighted by Gasteiger charge is -2.40. The number of nitrogens with one attached hydrogen (secondary N) is 2. The molecule has 4 aliphatic rings. The van der Waals surface area contributed by atoms with Gasteiger partial charge in [-0.2, -0.15) is 0 Å². The van der Waals surface area contributed by atoms with Gasteiger partial charge >= 0.3 is 0 Å². The summed E-state index contributed by atoms with van der Waals surface area (Å²) >= 11 is 0. The molecule has 0 aromatic heterocycles. The van der Waals surface area contributed by atoms with Crippen molar-refractivity contribution in [3.05, 3.63) is 0 Å². The zero-order valence-corrected chi connectivity index (χ0v) is 14.6. The van der Waals surface area contributed by atoms with Crippen molar-refractivity contribution in [1.29, 1.82) is 0 Å². The summed E-state index contributed by atoms with van der Waals surface area (Å²) in [7, 11) is 0. The van der Waals surface area contributed by atoms with Crippen molar-refractivity contribution in [3.63, 3.8) is 0 Å². The SMILES string of the molecule is CCC1C(C2CCCCC2)C2C3NCCCC3NC2N1CC. The van der Waals surface area contributed by atoms with E-state index in [4.69, 9.17) is 0 Å². The van der Waals surface area contributed by atoms with E-state index in [1.807, 2.05) is 0 Å². The van der Waals surface area contributed by atoms with E-state index in [9.17, 15) is 0 Å². The van der Waals surface area contributed by atoms with Crippen LogP contribution < -0.4 is 10.6 Å². The zero-order valence-electron chi connectivity index (χ0n) is 14.6. The summed E-state index contributed by atoms with van der Waals surface area (Å²) in [4.78, 5) is 2.84. The average molecular weight is 306 g/mol. The Hall–Kier alpha value is -0.120. The molecule has 4 fully saturated rings. The van der Waals surface area contributed by atoms with E-state index in [2.05, 4.69) is 29.4 Å². The Morgan fingerprint density at radius 3 is 2.50 bits per heavy atom. The molecule has 1 aliphatic carbocycles. The molecular weight excluding hydrogens is 270 g/mol. The Kier molecular flexibility index (Phi) is 4.49. The molecule has 3 heterocycles. The second-order valence-electron chi connectivity index (χ2n) is 8.20. The van der Waals surface area contributed by atoms with E-state index in [0.29, 0.717) is 6.17 Å². The van der Waals surface area contributed by atoms with Crippen LogP contribution in [0.25, 0.3) is 0 Å². The minimum Gasteiger partial charge on any atom is -0.312 e. The second kappa shape index (κ2) is 6.41. The first-order valence-electron chi connectivity index (χ1n) is 10.1. The molecule has 126 valence electrons. The normalized spacial score (nSPS) is 46.6. The number of likely N-dealkylation sites (tertiary alicyclic amines) is 1. The van der Waals surface area contributed by atoms with Gasteiger partial charge in [-0.25, -0.2) is 0 Å². The summed E-state index contributed by atoms with van der Waals surface area (Å²) in [6.07, 6.45) is 12.2. The van der Waals surface area contributed by atoms with E-state index in [1.165, 1.54) is 64.5 Å². The number of fused-ring (bicyclic) bond motifs is 3. The van der Waals surface area contributed by atoms with E-state index >= 15 is 0 Å². The molecule has 22 heavy (non-hydrogen) atoms. The van der Waals surface area contributed by atoms with Gasteiger partial charge in [-0.3, -0.25) is 10.2 Å². The van der Waals surface area contributed by atoms with Gasteiger partial charge in [0.25, 0.3) is 0 Å². The van der Waals surface area contributed by atoms with E-state index in [-0.39, 0.29) is 0 Å². The zero-order chi connectivity index (χ0) is 15.1. The summed E-state index contributed by atoms with van der Waals surface area (Å²) in [5, 5.41) is 7.97. The van der Waals surface area contributed by atoms with Crippen LogP contribution in [0.1, 0.15) is 65.2 Å². The lowest BCUT2D eigenvalue weighted by atomic mass is 9.69. The first kappa shape index (κ1) is 15.4. The number of piperidine rings is 1. The molecular formula is C19H35N3. The molecule has 3 heteroatoms. The summed E-state index contributed by atoms with van der Waals surface area (Å²) < 4.78 is 0. The molecule has 4 rings (SSSR count). The predicted octanol–water partition coefficient (Wildman–Crippen LogP) is 2.96. The van der Waals surface area contributed by atoms with Gasteiger partial charge in [-0.1, -0.05) is 46.0 Å². The number of rotatable bonds is 3. The molecule has 0 radical (unpaired) electrons. The molecule has 0 spiro atoms. The van der Waals surface area contributed by atoms with Gasteiger partial charge < -0.3 is 5.32 Å². The van der Waals surface area contributed by atoms with Crippen molar-refractivity contribution in [3.8, 4) is 0 Å². The first-order valence-corrected chi connectivity index (χ1v) is 10.1. The Balaban J connectivity index is 1.63. The molecule has 0 aromatic carbocycles. The van der Waals surface area contributed by atoms with Crippen molar-refractivity contribution in [2.45, 2.75) is 89.5 Å². The van der Waals surface area contributed by atoms with Crippen LogP contribution >= 0.6 is 0 Å². The van der Waals surface area contributed by atoms with Crippen molar-refractivity contribution in [2.75, 3.05) is 13.1 Å². The number of hydrogen-bond acceptors (Lipinski definition) is 3. The quantitative estimate of drug-likeness (QED) is 0.839. The summed E-state index contributed by atoms with van der Waals surface area (Å²) in [5.41, 5.74) is 0. The molecule has 0 bridgehead atoms. The van der Waals surface area contributed by atoms with Gasteiger partial charge in [0.05, 0.1) is 6.17 Å². The van der Waals surface area contributed by atoms with Gasteiger partial charge in [0.2, 0.25) is 0 Å². The molecule has 0 aromatic rings. The maximum Gasteiger partial charge on any atom is 0.0650 e. The Morgan fingerprint density at radius 1 is 0.955 bits per heavy atom. The Labute approximate surface area is 136 Å². The Morgan fingerprint density at radius 2 is 1.77 bits per heavy atom. The molecule has 6 atom stereocenters. The lowest BCUT2D eigenvalue weighted by molar-refractivity contribution is 0.119. The van der Waals surface area contributed by atoms with Crippen molar-refractivity contribution < 1.29 is 0 Å². The van der Waals surface area contributed by atoms with Crippen LogP contribution in [0.15, 0.2) is 0 Å². The van der Waals surface area contributed by atoms with Gasteiger partial charge in [-0.15, -0.1) is 0 Å². The standard InChI is InChI=1S/C19H35N3/c1-3-15-16(13-9-6-5-7-10-13)17-18-14(11-8-12-20-18)21-19(17)22(15)4-2/h13-21H,3-12H2,1-2H3. The van der Waals surface area contributed by atoms with Gasteiger partial charge in [0.15, 0.2) is 0 Å². The van der Waals surface area contributed by atoms with E-state index in [0.717, 1.165) is 35.9 Å². The highest BCUT2D eigenvalue weighted by Gasteiger charge is 2.58. The maximum atomic E-state index is 4.05. The monoisotopic (exact) mass is 305 g/mol. The van der Waals surface area contributed by atoms with Crippen molar-refractivity contribution in [2.24, 2.45) is 17.8 Å². The fraction of sp³-hybridized carbons (Fsp3) is 1.00. The van der Waals surface area contributed by atoms with Crippen LogP contribution in [-0.4, -0.2) is 42.3 Å². The summed E-state index contributed by atoms with van der Waals surface area (Å²) in [5.74, 6) is 2.79. The van der Waals surface area contributed by atoms with E-state index < -0.39 is 0 Å². The highest BCUT2D eigenvalue weighted by atomic mass is 15.4. The minimum absolute atomic E-state index is 0.655. The average Bonchev–Trinajstić information content (AvgIpc) is 3.08. The largest absolute Gasteiger partial charge is 0.312 e. The molecule has 6 unspecified atom stereocenters. The fourth-order valence-corrected chi connectivity index (χ4v) is 6.57. The van der Waals surface area contributed by atoms with Gasteiger partial charge in [0, 0.05) is 24.0 Å². The summed E-state index contributed by atoms with van der Waals surface area (Å²) in [6, 6.07) is 2.30. The van der Waals surface area contributed by atoms with Crippen LogP contribution in [-0.2, 0) is 0 Å². The van der Waals surface area contributed by atoms with Crippen LogP contribution in [0.2, 0.25) is 0 Å². The lowest BCUT2D eigenvalue weighted by Crippen LogP contribution is -2.52. The topological polar surface area (TPSA) is 27.3 Å². The number of nitrogens with zero attached hydrogens (tertiary/aromatic N) is 1. The molecule has 3 nitrogen and oxygen atoms in total. The third kappa shape index (κ3) is 2.35. The van der Waals surface area contributed by atoms with Crippen LogP contribution in [0.4, 0.5) is 0 Å². The van der Waals surface area contributed by atoms with Crippen LogP contribution in [0.5, 0.6) is 0 Å². The third-order valence-corrected chi connectivity index (χ3v) is 7.32. The van der Waals surface area contributed by atoms with E-state index in [1.54, 1.807) is 0 Å². The highest BCUT2D eigenvalue weighted by molar-refractivity contribution is 5.13. The van der Waals surface area contributed by atoms with Crippen molar-refractivity contribution in [1.82, 2.24) is 15.5 Å². The molecule has 0 amide bonds. The van der Waals surface area contributed by atoms with Gasteiger partial charge in [-0.05, 0) is 44.2 Å². The smallest absolute Gasteiger partial charge is 0.0650 e. The maximum absolute atomic E-state index is 4.05. The van der Waals surface area contributed by atoms with Crippen LogP contribution in [0, 0.1) is 17.8 Å².